The highest BCUT2D eigenvalue weighted by atomic mass is 35.5. The molecule has 0 bridgehead atoms. The van der Waals surface area contributed by atoms with Crippen molar-refractivity contribution in [1.29, 1.82) is 0 Å². The van der Waals surface area contributed by atoms with Gasteiger partial charge in [0.2, 0.25) is 0 Å². The SMILES string of the molecule is OCCNCCNCc1cccc(OCc2ccccc2Cl)c1. The van der Waals surface area contributed by atoms with E-state index in [1.54, 1.807) is 0 Å². The Morgan fingerprint density at radius 1 is 0.957 bits per heavy atom. The lowest BCUT2D eigenvalue weighted by Crippen LogP contribution is -2.28. The summed E-state index contributed by atoms with van der Waals surface area (Å²) in [7, 11) is 0. The molecule has 2 aromatic carbocycles. The Kier molecular flexibility index (Phi) is 7.90. The molecule has 0 heterocycles. The summed E-state index contributed by atoms with van der Waals surface area (Å²) in [4.78, 5) is 0. The van der Waals surface area contributed by atoms with Crippen LogP contribution in [0.3, 0.4) is 0 Å². The summed E-state index contributed by atoms with van der Waals surface area (Å²) in [6.07, 6.45) is 0. The molecule has 2 rings (SSSR count). The molecule has 0 aromatic heterocycles. The Balaban J connectivity index is 1.77. The van der Waals surface area contributed by atoms with Gasteiger partial charge in [-0.1, -0.05) is 41.9 Å². The normalized spacial score (nSPS) is 10.7. The summed E-state index contributed by atoms with van der Waals surface area (Å²) >= 11 is 6.13. The van der Waals surface area contributed by atoms with Crippen LogP contribution in [-0.2, 0) is 13.2 Å². The van der Waals surface area contributed by atoms with E-state index in [9.17, 15) is 0 Å². The molecule has 0 aliphatic carbocycles. The molecule has 0 saturated heterocycles. The van der Waals surface area contributed by atoms with Gasteiger partial charge in [0.1, 0.15) is 12.4 Å². The highest BCUT2D eigenvalue weighted by Gasteiger charge is 2.01. The van der Waals surface area contributed by atoms with E-state index in [0.717, 1.165) is 36.0 Å². The van der Waals surface area contributed by atoms with Crippen LogP contribution in [0.5, 0.6) is 5.75 Å². The second kappa shape index (κ2) is 10.2. The quantitative estimate of drug-likeness (QED) is 0.585. The monoisotopic (exact) mass is 334 g/mol. The van der Waals surface area contributed by atoms with Gasteiger partial charge in [-0.3, -0.25) is 0 Å². The number of ether oxygens (including phenoxy) is 1. The summed E-state index contributed by atoms with van der Waals surface area (Å²) in [6, 6.07) is 15.7. The molecule has 0 spiro atoms. The van der Waals surface area contributed by atoms with E-state index in [4.69, 9.17) is 21.4 Å². The van der Waals surface area contributed by atoms with Crippen LogP contribution in [0.4, 0.5) is 0 Å². The Bertz CT molecular complexity index is 593. The third-order valence-electron chi connectivity index (χ3n) is 3.35. The molecule has 23 heavy (non-hydrogen) atoms. The van der Waals surface area contributed by atoms with Crippen molar-refractivity contribution in [3.8, 4) is 5.75 Å². The Morgan fingerprint density at radius 3 is 2.61 bits per heavy atom. The topological polar surface area (TPSA) is 53.5 Å². The summed E-state index contributed by atoms with van der Waals surface area (Å²) < 4.78 is 5.82. The largest absolute Gasteiger partial charge is 0.489 e. The van der Waals surface area contributed by atoms with Crippen LogP contribution in [0.2, 0.25) is 5.02 Å². The van der Waals surface area contributed by atoms with Crippen LogP contribution in [0.1, 0.15) is 11.1 Å². The Hall–Kier alpha value is -1.59. The maximum absolute atomic E-state index is 8.68. The molecule has 4 nitrogen and oxygen atoms in total. The smallest absolute Gasteiger partial charge is 0.120 e. The van der Waals surface area contributed by atoms with Crippen molar-refractivity contribution in [2.45, 2.75) is 13.2 Å². The van der Waals surface area contributed by atoms with Crippen molar-refractivity contribution >= 4 is 11.6 Å². The van der Waals surface area contributed by atoms with E-state index in [1.165, 1.54) is 5.56 Å². The van der Waals surface area contributed by atoms with Crippen LogP contribution in [0.15, 0.2) is 48.5 Å². The van der Waals surface area contributed by atoms with Crippen molar-refractivity contribution in [3.05, 3.63) is 64.7 Å². The first-order valence-electron chi connectivity index (χ1n) is 7.77. The van der Waals surface area contributed by atoms with Crippen molar-refractivity contribution in [2.75, 3.05) is 26.2 Å². The second-order valence-electron chi connectivity index (χ2n) is 5.18. The number of hydrogen-bond donors (Lipinski definition) is 3. The van der Waals surface area contributed by atoms with E-state index >= 15 is 0 Å². The maximum atomic E-state index is 8.68. The summed E-state index contributed by atoms with van der Waals surface area (Å²) in [5.74, 6) is 0.836. The number of aliphatic hydroxyl groups is 1. The van der Waals surface area contributed by atoms with Gasteiger partial charge < -0.3 is 20.5 Å². The molecule has 0 radical (unpaired) electrons. The third kappa shape index (κ3) is 6.59. The van der Waals surface area contributed by atoms with E-state index in [1.807, 2.05) is 42.5 Å². The number of halogens is 1. The lowest BCUT2D eigenvalue weighted by molar-refractivity contribution is 0.292. The molecular formula is C18H23ClN2O2. The van der Waals surface area contributed by atoms with Gasteiger partial charge in [-0.05, 0) is 23.8 Å². The second-order valence-corrected chi connectivity index (χ2v) is 5.59. The highest BCUT2D eigenvalue weighted by Crippen LogP contribution is 2.19. The molecule has 0 amide bonds. The minimum atomic E-state index is 0.171. The van der Waals surface area contributed by atoms with Gasteiger partial charge in [0.25, 0.3) is 0 Å². The van der Waals surface area contributed by atoms with E-state index in [-0.39, 0.29) is 6.61 Å². The highest BCUT2D eigenvalue weighted by molar-refractivity contribution is 6.31. The molecule has 0 unspecified atom stereocenters. The number of nitrogens with one attached hydrogen (secondary N) is 2. The van der Waals surface area contributed by atoms with Gasteiger partial charge in [0.15, 0.2) is 0 Å². The lowest BCUT2D eigenvalue weighted by Gasteiger charge is -2.10. The Labute approximate surface area is 142 Å². The predicted octanol–water partition coefficient (Wildman–Crippen LogP) is 2.59. The number of benzene rings is 2. The fourth-order valence-electron chi connectivity index (χ4n) is 2.14. The van der Waals surface area contributed by atoms with Crippen LogP contribution in [-0.4, -0.2) is 31.3 Å². The average Bonchev–Trinajstić information content (AvgIpc) is 2.58. The van der Waals surface area contributed by atoms with Crippen LogP contribution >= 0.6 is 11.6 Å². The zero-order chi connectivity index (χ0) is 16.3. The van der Waals surface area contributed by atoms with E-state index in [2.05, 4.69) is 16.7 Å². The van der Waals surface area contributed by atoms with Gasteiger partial charge in [0.05, 0.1) is 6.61 Å². The number of rotatable bonds is 10. The zero-order valence-electron chi connectivity index (χ0n) is 13.1. The Morgan fingerprint density at radius 2 is 1.78 bits per heavy atom. The van der Waals surface area contributed by atoms with Crippen molar-refractivity contribution in [2.24, 2.45) is 0 Å². The van der Waals surface area contributed by atoms with Gasteiger partial charge in [-0.25, -0.2) is 0 Å². The van der Waals surface area contributed by atoms with Gasteiger partial charge in [-0.15, -0.1) is 0 Å². The fraction of sp³-hybridized carbons (Fsp3) is 0.333. The van der Waals surface area contributed by atoms with Crippen molar-refractivity contribution < 1.29 is 9.84 Å². The first-order valence-corrected chi connectivity index (χ1v) is 8.15. The van der Waals surface area contributed by atoms with Crippen LogP contribution in [0.25, 0.3) is 0 Å². The minimum Gasteiger partial charge on any atom is -0.489 e. The summed E-state index contributed by atoms with van der Waals surface area (Å²) in [6.45, 7) is 3.73. The molecule has 3 N–H and O–H groups in total. The molecule has 0 saturated carbocycles. The minimum absolute atomic E-state index is 0.171. The molecular weight excluding hydrogens is 312 g/mol. The summed E-state index contributed by atoms with van der Waals surface area (Å²) in [5, 5.41) is 15.9. The van der Waals surface area contributed by atoms with Gasteiger partial charge >= 0.3 is 0 Å². The lowest BCUT2D eigenvalue weighted by atomic mass is 10.2. The molecule has 0 aliphatic heterocycles. The van der Waals surface area contributed by atoms with Gasteiger partial charge in [0, 0.05) is 36.8 Å². The predicted molar refractivity (Wildman–Crippen MR) is 93.9 cm³/mol. The first kappa shape index (κ1) is 17.8. The molecule has 0 atom stereocenters. The van der Waals surface area contributed by atoms with Crippen LogP contribution < -0.4 is 15.4 Å². The molecule has 2 aromatic rings. The van der Waals surface area contributed by atoms with E-state index < -0.39 is 0 Å². The van der Waals surface area contributed by atoms with Crippen molar-refractivity contribution in [3.63, 3.8) is 0 Å². The molecule has 0 fully saturated rings. The van der Waals surface area contributed by atoms with Crippen molar-refractivity contribution in [1.82, 2.24) is 10.6 Å². The number of hydrogen-bond acceptors (Lipinski definition) is 4. The van der Waals surface area contributed by atoms with Gasteiger partial charge in [-0.2, -0.15) is 0 Å². The van der Waals surface area contributed by atoms with Crippen LogP contribution in [0, 0.1) is 0 Å². The average molecular weight is 335 g/mol. The molecule has 124 valence electrons. The first-order chi connectivity index (χ1) is 11.3. The zero-order valence-corrected chi connectivity index (χ0v) is 13.9. The molecule has 0 aliphatic rings. The number of aliphatic hydroxyl groups excluding tert-OH is 1. The standard InChI is InChI=1S/C18H23ClN2O2/c19-18-7-2-1-5-16(18)14-23-17-6-3-4-15(12-17)13-21-9-8-20-10-11-22/h1-7,12,20-22H,8-11,13-14H2. The fourth-order valence-corrected chi connectivity index (χ4v) is 2.33. The maximum Gasteiger partial charge on any atom is 0.120 e. The summed E-state index contributed by atoms with van der Waals surface area (Å²) in [5.41, 5.74) is 2.15. The third-order valence-corrected chi connectivity index (χ3v) is 3.72. The van der Waals surface area contributed by atoms with E-state index in [0.29, 0.717) is 13.2 Å². The molecule has 5 heteroatoms.